The van der Waals surface area contributed by atoms with E-state index in [1.54, 1.807) is 11.3 Å². The zero-order valence-electron chi connectivity index (χ0n) is 12.8. The molecule has 1 aromatic carbocycles. The van der Waals surface area contributed by atoms with Crippen molar-refractivity contribution in [3.63, 3.8) is 0 Å². The molecule has 5 heteroatoms. The lowest BCUT2D eigenvalue weighted by molar-refractivity contribution is 0.0942. The third-order valence-electron chi connectivity index (χ3n) is 3.96. The number of benzene rings is 1. The molecule has 1 amide bonds. The number of nitrogens with zero attached hydrogens (tertiary/aromatic N) is 1. The van der Waals surface area contributed by atoms with Gasteiger partial charge in [-0.05, 0) is 60.2 Å². The Balaban J connectivity index is 1.66. The van der Waals surface area contributed by atoms with Gasteiger partial charge in [0.15, 0.2) is 0 Å². The first-order valence-corrected chi connectivity index (χ1v) is 8.32. The van der Waals surface area contributed by atoms with E-state index < -0.39 is 0 Å². The number of likely N-dealkylation sites (N-methyl/N-ethyl adjacent to an activating group) is 1. The van der Waals surface area contributed by atoms with Crippen molar-refractivity contribution in [2.45, 2.75) is 12.5 Å². The number of amides is 1. The molecule has 1 aromatic heterocycles. The predicted molar refractivity (Wildman–Crippen MR) is 88.7 cm³/mol. The minimum Gasteiger partial charge on any atom is -0.493 e. The average Bonchev–Trinajstić information content (AvgIpc) is 3.17. The molecule has 0 bridgehead atoms. The van der Waals surface area contributed by atoms with E-state index in [4.69, 9.17) is 4.74 Å². The number of hydrogen-bond acceptors (Lipinski definition) is 4. The fraction of sp³-hybridized carbons (Fsp3) is 0.353. The highest BCUT2D eigenvalue weighted by Gasteiger charge is 2.18. The fourth-order valence-corrected chi connectivity index (χ4v) is 3.39. The number of hydrogen-bond donors (Lipinski definition) is 1. The largest absolute Gasteiger partial charge is 0.493 e. The molecule has 1 atom stereocenters. The van der Waals surface area contributed by atoms with E-state index in [1.165, 1.54) is 5.56 Å². The number of thiophene rings is 1. The molecule has 0 fully saturated rings. The summed E-state index contributed by atoms with van der Waals surface area (Å²) in [5, 5.41) is 7.24. The van der Waals surface area contributed by atoms with Gasteiger partial charge in [0.25, 0.3) is 5.91 Å². The standard InChI is InChI=1S/C17H20N2O2S/c1-19(2)15(14-6-8-22-11-14)10-18-17(20)13-3-4-16-12(9-13)5-7-21-16/h3-4,6,8-9,11,15H,5,7,10H2,1-2H3,(H,18,20)/t15-/m1/s1. The molecule has 116 valence electrons. The van der Waals surface area contributed by atoms with Gasteiger partial charge in [-0.3, -0.25) is 4.79 Å². The summed E-state index contributed by atoms with van der Waals surface area (Å²) < 4.78 is 5.47. The third-order valence-corrected chi connectivity index (χ3v) is 4.66. The smallest absolute Gasteiger partial charge is 0.251 e. The second-order valence-corrected chi connectivity index (χ2v) is 6.45. The van der Waals surface area contributed by atoms with Crippen molar-refractivity contribution >= 4 is 17.2 Å². The molecular formula is C17H20N2O2S. The molecule has 22 heavy (non-hydrogen) atoms. The topological polar surface area (TPSA) is 41.6 Å². The Hall–Kier alpha value is -1.85. The number of ether oxygens (including phenoxy) is 1. The molecule has 2 aromatic rings. The maximum Gasteiger partial charge on any atom is 0.251 e. The number of nitrogens with one attached hydrogen (secondary N) is 1. The minimum absolute atomic E-state index is 0.0308. The number of carbonyl (C=O) groups excluding carboxylic acids is 1. The first-order chi connectivity index (χ1) is 10.6. The first-order valence-electron chi connectivity index (χ1n) is 7.37. The van der Waals surface area contributed by atoms with Crippen LogP contribution in [0.2, 0.25) is 0 Å². The normalized spacial score (nSPS) is 14.5. The molecule has 0 spiro atoms. The van der Waals surface area contributed by atoms with E-state index in [0.29, 0.717) is 18.7 Å². The lowest BCUT2D eigenvalue weighted by Gasteiger charge is -2.24. The van der Waals surface area contributed by atoms with E-state index in [0.717, 1.165) is 17.7 Å². The van der Waals surface area contributed by atoms with Gasteiger partial charge in [-0.25, -0.2) is 0 Å². The Morgan fingerprint density at radius 2 is 2.27 bits per heavy atom. The number of carbonyl (C=O) groups is 1. The maximum absolute atomic E-state index is 12.4. The minimum atomic E-state index is -0.0308. The van der Waals surface area contributed by atoms with E-state index in [1.807, 2.05) is 32.3 Å². The van der Waals surface area contributed by atoms with Gasteiger partial charge < -0.3 is 15.0 Å². The molecule has 1 aliphatic rings. The van der Waals surface area contributed by atoms with Crippen molar-refractivity contribution in [1.82, 2.24) is 10.2 Å². The summed E-state index contributed by atoms with van der Waals surface area (Å²) >= 11 is 1.68. The summed E-state index contributed by atoms with van der Waals surface area (Å²) in [5.41, 5.74) is 3.05. The van der Waals surface area contributed by atoms with Crippen LogP contribution >= 0.6 is 11.3 Å². The fourth-order valence-electron chi connectivity index (χ4n) is 2.68. The second-order valence-electron chi connectivity index (χ2n) is 5.67. The van der Waals surface area contributed by atoms with Gasteiger partial charge in [0.2, 0.25) is 0 Å². The monoisotopic (exact) mass is 316 g/mol. The van der Waals surface area contributed by atoms with Crippen LogP contribution in [-0.2, 0) is 6.42 Å². The summed E-state index contributed by atoms with van der Waals surface area (Å²) in [7, 11) is 4.06. The van der Waals surface area contributed by atoms with Crippen molar-refractivity contribution in [3.8, 4) is 5.75 Å². The molecule has 0 radical (unpaired) electrons. The molecule has 0 saturated heterocycles. The van der Waals surface area contributed by atoms with E-state index in [9.17, 15) is 4.79 Å². The number of rotatable bonds is 5. The van der Waals surface area contributed by atoms with Crippen LogP contribution < -0.4 is 10.1 Å². The molecular weight excluding hydrogens is 296 g/mol. The molecule has 1 N–H and O–H groups in total. The highest BCUT2D eigenvalue weighted by atomic mass is 32.1. The SMILES string of the molecule is CN(C)[C@H](CNC(=O)c1ccc2c(c1)CCO2)c1ccsc1. The van der Waals surface area contributed by atoms with Crippen LogP contribution in [0.15, 0.2) is 35.0 Å². The van der Waals surface area contributed by atoms with Crippen LogP contribution in [-0.4, -0.2) is 38.1 Å². The van der Waals surface area contributed by atoms with Gasteiger partial charge in [-0.1, -0.05) is 0 Å². The van der Waals surface area contributed by atoms with Crippen LogP contribution in [0.25, 0.3) is 0 Å². The van der Waals surface area contributed by atoms with Crippen LogP contribution in [0.3, 0.4) is 0 Å². The summed E-state index contributed by atoms with van der Waals surface area (Å²) in [5.74, 6) is 0.873. The summed E-state index contributed by atoms with van der Waals surface area (Å²) in [6.07, 6.45) is 0.881. The van der Waals surface area contributed by atoms with Crippen molar-refractivity contribution < 1.29 is 9.53 Å². The highest BCUT2D eigenvalue weighted by molar-refractivity contribution is 7.07. The third kappa shape index (κ3) is 3.15. The van der Waals surface area contributed by atoms with Crippen LogP contribution in [0.5, 0.6) is 5.75 Å². The Morgan fingerprint density at radius 3 is 3.00 bits per heavy atom. The predicted octanol–water partition coefficient (Wildman–Crippen LogP) is 2.72. The van der Waals surface area contributed by atoms with Gasteiger partial charge in [0.1, 0.15) is 5.75 Å². The van der Waals surface area contributed by atoms with Gasteiger partial charge >= 0.3 is 0 Å². The summed E-state index contributed by atoms with van der Waals surface area (Å²) in [6.45, 7) is 1.30. The Labute approximate surface area is 134 Å². The quantitative estimate of drug-likeness (QED) is 0.922. The van der Waals surface area contributed by atoms with Gasteiger partial charge in [-0.15, -0.1) is 0 Å². The van der Waals surface area contributed by atoms with Crippen LogP contribution in [0.4, 0.5) is 0 Å². The number of fused-ring (bicyclic) bond motifs is 1. The first kappa shape index (κ1) is 15.1. The molecule has 0 unspecified atom stereocenters. The van der Waals surface area contributed by atoms with Crippen LogP contribution in [0, 0.1) is 0 Å². The van der Waals surface area contributed by atoms with Crippen molar-refractivity contribution in [1.29, 1.82) is 0 Å². The van der Waals surface area contributed by atoms with Crippen LogP contribution in [0.1, 0.15) is 27.5 Å². The average molecular weight is 316 g/mol. The van der Waals surface area contributed by atoms with Gasteiger partial charge in [0, 0.05) is 18.5 Å². The molecule has 0 aliphatic carbocycles. The zero-order chi connectivity index (χ0) is 15.5. The zero-order valence-corrected chi connectivity index (χ0v) is 13.7. The Morgan fingerprint density at radius 1 is 1.41 bits per heavy atom. The lowest BCUT2D eigenvalue weighted by atomic mass is 10.1. The summed E-state index contributed by atoms with van der Waals surface area (Å²) in [6, 6.07) is 7.95. The molecule has 1 aliphatic heterocycles. The van der Waals surface area contributed by atoms with Crippen molar-refractivity contribution in [2.24, 2.45) is 0 Å². The molecule has 4 nitrogen and oxygen atoms in total. The molecule has 3 rings (SSSR count). The lowest BCUT2D eigenvalue weighted by Crippen LogP contribution is -2.34. The van der Waals surface area contributed by atoms with E-state index >= 15 is 0 Å². The maximum atomic E-state index is 12.4. The van der Waals surface area contributed by atoms with Gasteiger partial charge in [-0.2, -0.15) is 11.3 Å². The van der Waals surface area contributed by atoms with Gasteiger partial charge in [0.05, 0.1) is 12.6 Å². The Kier molecular flexibility index (Phi) is 4.45. The summed E-state index contributed by atoms with van der Waals surface area (Å²) in [4.78, 5) is 14.5. The van der Waals surface area contributed by atoms with Crippen molar-refractivity contribution in [3.05, 3.63) is 51.7 Å². The van der Waals surface area contributed by atoms with E-state index in [-0.39, 0.29) is 11.9 Å². The highest BCUT2D eigenvalue weighted by Crippen LogP contribution is 2.26. The molecule has 2 heterocycles. The molecule has 0 saturated carbocycles. The Bertz CT molecular complexity index is 653. The van der Waals surface area contributed by atoms with Crippen molar-refractivity contribution in [2.75, 3.05) is 27.2 Å². The van der Waals surface area contributed by atoms with E-state index in [2.05, 4.69) is 27.0 Å². The second kappa shape index (κ2) is 6.50.